The lowest BCUT2D eigenvalue weighted by atomic mass is 10.0. The van der Waals surface area contributed by atoms with E-state index < -0.39 is 18.2 Å². The Bertz CT molecular complexity index is 1350. The molecule has 3 unspecified atom stereocenters. The van der Waals surface area contributed by atoms with Crippen LogP contribution in [0.3, 0.4) is 0 Å². The summed E-state index contributed by atoms with van der Waals surface area (Å²) in [4.78, 5) is 26.1. The number of carbonyl (C=O) groups excluding carboxylic acids is 2. The molecular formula is C57H93NO5. The lowest BCUT2D eigenvalue weighted by molar-refractivity contribution is -0.151. The summed E-state index contributed by atoms with van der Waals surface area (Å²) in [5.41, 5.74) is 0. The minimum absolute atomic E-state index is 0.0236. The van der Waals surface area contributed by atoms with Gasteiger partial charge in [-0.1, -0.05) is 245 Å². The van der Waals surface area contributed by atoms with Gasteiger partial charge in [-0.3, -0.25) is 9.59 Å². The number of unbranched alkanes of at least 4 members (excludes halogenated alkanes) is 19. The quantitative estimate of drug-likeness (QED) is 0.0322. The van der Waals surface area contributed by atoms with Gasteiger partial charge >= 0.3 is 5.97 Å². The SMILES string of the molecule is CC/C=C/C=C/C=C\C=C/C=C/CCCCCC(=O)OC(CCCCC/C=C/C=C/C=C/C=C/C=C/CCC)CC(=O)NC(CO)C(O)CCCCCCCCCCCCCCC. The standard InChI is InChI=1S/C57H93NO5/c1-4-7-10-13-16-19-22-25-27-29-31-33-36-39-42-45-48-53(63-57(62)50-47-44-41-38-35-32-28-26-23-20-17-14-11-8-5-2)51-56(61)58-54(52-59)55(60)49-46-43-40-37-34-30-24-21-18-15-12-9-6-3/h8,10-11,13-14,16-17,19-20,22-23,25-29,31-33,35,53-55,59-60H,4-7,9,12,15,18,21,24,30,34,36-52H2,1-3H3,(H,58,61)/b11-8+,13-10+,17-14+,19-16+,23-20-,25-22+,28-26-,29-27+,33-31+,35-32+. The average Bonchev–Trinajstić information content (AvgIpc) is 3.28. The van der Waals surface area contributed by atoms with Crippen LogP contribution in [0.15, 0.2) is 122 Å². The van der Waals surface area contributed by atoms with Crippen LogP contribution in [-0.2, 0) is 14.3 Å². The van der Waals surface area contributed by atoms with Crippen molar-refractivity contribution in [2.24, 2.45) is 0 Å². The highest BCUT2D eigenvalue weighted by Gasteiger charge is 2.24. The van der Waals surface area contributed by atoms with Crippen molar-refractivity contribution in [3.8, 4) is 0 Å². The van der Waals surface area contributed by atoms with Crippen molar-refractivity contribution in [2.45, 2.75) is 219 Å². The molecule has 0 aromatic rings. The second-order valence-corrected chi connectivity index (χ2v) is 16.7. The first-order valence-corrected chi connectivity index (χ1v) is 25.4. The number of ether oxygens (including phenoxy) is 1. The first-order valence-electron chi connectivity index (χ1n) is 25.4. The molecule has 0 bridgehead atoms. The minimum Gasteiger partial charge on any atom is -0.462 e. The molecule has 0 aliphatic heterocycles. The van der Waals surface area contributed by atoms with Crippen LogP contribution in [0.2, 0.25) is 0 Å². The Morgan fingerprint density at radius 1 is 0.476 bits per heavy atom. The lowest BCUT2D eigenvalue weighted by Crippen LogP contribution is -2.46. The van der Waals surface area contributed by atoms with Gasteiger partial charge in [0.2, 0.25) is 5.91 Å². The third-order valence-corrected chi connectivity index (χ3v) is 10.8. The monoisotopic (exact) mass is 872 g/mol. The third-order valence-electron chi connectivity index (χ3n) is 10.8. The zero-order chi connectivity index (χ0) is 45.9. The number of carbonyl (C=O) groups is 2. The first-order chi connectivity index (χ1) is 31.0. The van der Waals surface area contributed by atoms with E-state index in [1.165, 1.54) is 64.2 Å². The number of esters is 1. The molecule has 6 heteroatoms. The average molecular weight is 872 g/mol. The van der Waals surface area contributed by atoms with Crippen molar-refractivity contribution in [1.82, 2.24) is 5.32 Å². The predicted octanol–water partition coefficient (Wildman–Crippen LogP) is 15.3. The maximum atomic E-state index is 13.2. The zero-order valence-corrected chi connectivity index (χ0v) is 40.4. The smallest absolute Gasteiger partial charge is 0.306 e. The maximum absolute atomic E-state index is 13.2. The third kappa shape index (κ3) is 44.7. The van der Waals surface area contributed by atoms with E-state index in [9.17, 15) is 19.8 Å². The molecule has 6 nitrogen and oxygen atoms in total. The maximum Gasteiger partial charge on any atom is 0.306 e. The summed E-state index contributed by atoms with van der Waals surface area (Å²) < 4.78 is 5.89. The Kier molecular flexibility index (Phi) is 46.4. The molecule has 63 heavy (non-hydrogen) atoms. The highest BCUT2D eigenvalue weighted by atomic mass is 16.5. The normalized spacial score (nSPS) is 14.3. The molecule has 0 saturated carbocycles. The van der Waals surface area contributed by atoms with Crippen LogP contribution >= 0.6 is 0 Å². The largest absolute Gasteiger partial charge is 0.462 e. The summed E-state index contributed by atoms with van der Waals surface area (Å²) in [6.07, 6.45) is 68.2. The van der Waals surface area contributed by atoms with Gasteiger partial charge in [-0.25, -0.2) is 0 Å². The Balaban J connectivity index is 4.81. The molecule has 0 spiro atoms. The van der Waals surface area contributed by atoms with Gasteiger partial charge in [-0.2, -0.15) is 0 Å². The number of aliphatic hydroxyl groups is 2. The molecule has 1 amide bonds. The van der Waals surface area contributed by atoms with Gasteiger partial charge in [0.05, 0.1) is 25.2 Å². The Morgan fingerprint density at radius 2 is 0.889 bits per heavy atom. The van der Waals surface area contributed by atoms with Gasteiger partial charge < -0.3 is 20.3 Å². The first kappa shape index (κ1) is 59.3. The van der Waals surface area contributed by atoms with Crippen molar-refractivity contribution in [2.75, 3.05) is 6.61 Å². The predicted molar refractivity (Wildman–Crippen MR) is 273 cm³/mol. The van der Waals surface area contributed by atoms with E-state index >= 15 is 0 Å². The van der Waals surface area contributed by atoms with Crippen molar-refractivity contribution in [1.29, 1.82) is 0 Å². The highest BCUT2D eigenvalue weighted by Crippen LogP contribution is 2.17. The van der Waals surface area contributed by atoms with Gasteiger partial charge in [0.15, 0.2) is 0 Å². The van der Waals surface area contributed by atoms with Gasteiger partial charge in [0.25, 0.3) is 0 Å². The molecule has 0 aliphatic rings. The van der Waals surface area contributed by atoms with Gasteiger partial charge in [-0.05, 0) is 64.2 Å². The second-order valence-electron chi connectivity index (χ2n) is 16.7. The van der Waals surface area contributed by atoms with Crippen molar-refractivity contribution in [3.63, 3.8) is 0 Å². The summed E-state index contributed by atoms with van der Waals surface area (Å²) in [7, 11) is 0. The number of aliphatic hydroxyl groups excluding tert-OH is 2. The fourth-order valence-electron chi connectivity index (χ4n) is 6.95. The molecule has 356 valence electrons. The van der Waals surface area contributed by atoms with E-state index in [-0.39, 0.29) is 24.9 Å². The molecule has 0 aromatic carbocycles. The molecular weight excluding hydrogens is 779 g/mol. The van der Waals surface area contributed by atoms with Crippen LogP contribution in [0.1, 0.15) is 201 Å². The molecule has 0 radical (unpaired) electrons. The summed E-state index contributed by atoms with van der Waals surface area (Å²) in [5.74, 6) is -0.578. The second kappa shape index (κ2) is 49.3. The minimum atomic E-state index is -0.815. The van der Waals surface area contributed by atoms with Crippen LogP contribution in [0, 0.1) is 0 Å². The van der Waals surface area contributed by atoms with Gasteiger partial charge in [0, 0.05) is 6.42 Å². The number of allylic oxidation sites excluding steroid dienone is 20. The van der Waals surface area contributed by atoms with Crippen molar-refractivity contribution >= 4 is 11.9 Å². The number of hydrogen-bond donors (Lipinski definition) is 3. The molecule has 3 N–H and O–H groups in total. The van der Waals surface area contributed by atoms with Crippen LogP contribution in [0.4, 0.5) is 0 Å². The lowest BCUT2D eigenvalue weighted by Gasteiger charge is -2.24. The van der Waals surface area contributed by atoms with Gasteiger partial charge in [0.1, 0.15) is 6.10 Å². The topological polar surface area (TPSA) is 95.9 Å². The molecule has 3 atom stereocenters. The Morgan fingerprint density at radius 3 is 1.37 bits per heavy atom. The zero-order valence-electron chi connectivity index (χ0n) is 40.4. The van der Waals surface area contributed by atoms with Crippen molar-refractivity contribution in [3.05, 3.63) is 122 Å². The molecule has 0 saturated heterocycles. The van der Waals surface area contributed by atoms with E-state index in [4.69, 9.17) is 4.74 Å². The fourth-order valence-corrected chi connectivity index (χ4v) is 6.95. The highest BCUT2D eigenvalue weighted by molar-refractivity contribution is 5.77. The van der Waals surface area contributed by atoms with Crippen LogP contribution in [0.25, 0.3) is 0 Å². The molecule has 0 aromatic heterocycles. The molecule has 0 fully saturated rings. The van der Waals surface area contributed by atoms with Crippen LogP contribution in [0.5, 0.6) is 0 Å². The Hall–Kier alpha value is -3.74. The summed E-state index contributed by atoms with van der Waals surface area (Å²) in [5, 5.41) is 23.7. The van der Waals surface area contributed by atoms with E-state index in [1.807, 2.05) is 79.0 Å². The fraction of sp³-hybridized carbons (Fsp3) is 0.614. The van der Waals surface area contributed by atoms with E-state index in [1.54, 1.807) is 0 Å². The number of hydrogen-bond acceptors (Lipinski definition) is 5. The van der Waals surface area contributed by atoms with E-state index in [2.05, 4.69) is 68.6 Å². The van der Waals surface area contributed by atoms with E-state index in [0.717, 1.165) is 89.9 Å². The van der Waals surface area contributed by atoms with Crippen LogP contribution in [-0.4, -0.2) is 46.9 Å². The Labute approximate surface area is 387 Å². The number of rotatable bonds is 43. The number of nitrogens with one attached hydrogen (secondary N) is 1. The van der Waals surface area contributed by atoms with Crippen LogP contribution < -0.4 is 5.32 Å². The van der Waals surface area contributed by atoms with Crippen molar-refractivity contribution < 1.29 is 24.5 Å². The summed E-state index contributed by atoms with van der Waals surface area (Å²) in [6.45, 7) is 6.21. The molecule has 0 heterocycles. The number of amides is 1. The summed E-state index contributed by atoms with van der Waals surface area (Å²) in [6, 6.07) is -0.734. The summed E-state index contributed by atoms with van der Waals surface area (Å²) >= 11 is 0. The molecule has 0 rings (SSSR count). The van der Waals surface area contributed by atoms with Gasteiger partial charge in [-0.15, -0.1) is 0 Å². The van der Waals surface area contributed by atoms with E-state index in [0.29, 0.717) is 19.3 Å². The molecule has 0 aliphatic carbocycles.